The topological polar surface area (TPSA) is 64.7 Å². The summed E-state index contributed by atoms with van der Waals surface area (Å²) < 4.78 is 3.53. The van der Waals surface area contributed by atoms with E-state index in [1.54, 1.807) is 15.3 Å². The van der Waals surface area contributed by atoms with E-state index in [-0.39, 0.29) is 5.56 Å². The van der Waals surface area contributed by atoms with Crippen molar-refractivity contribution in [1.29, 1.82) is 0 Å². The van der Waals surface area contributed by atoms with Gasteiger partial charge in [-0.2, -0.15) is 5.10 Å². The van der Waals surface area contributed by atoms with Crippen LogP contribution < -0.4 is 10.9 Å². The number of hydrogen-bond acceptors (Lipinski definition) is 4. The fourth-order valence-electron chi connectivity index (χ4n) is 3.38. The van der Waals surface area contributed by atoms with Gasteiger partial charge in [-0.25, -0.2) is 9.67 Å². The third-order valence-electron chi connectivity index (χ3n) is 5.13. The second kappa shape index (κ2) is 7.39. The molecule has 1 N–H and O–H groups in total. The van der Waals surface area contributed by atoms with Gasteiger partial charge in [0.1, 0.15) is 5.82 Å². The number of aryl methyl sites for hydroxylation is 2. The SMILES string of the molecule is CCCn1cc(-n2cc(-c3ccc(NC4CCC4)nc3C)cn2)ccc1=O. The van der Waals surface area contributed by atoms with Gasteiger partial charge in [-0.05, 0) is 50.8 Å². The molecule has 3 aromatic heterocycles. The van der Waals surface area contributed by atoms with Gasteiger partial charge in [0, 0.05) is 47.9 Å². The Kier molecular flexibility index (Phi) is 4.79. The highest BCUT2D eigenvalue weighted by atomic mass is 16.1. The van der Waals surface area contributed by atoms with Gasteiger partial charge in [0.15, 0.2) is 0 Å². The molecule has 1 saturated carbocycles. The van der Waals surface area contributed by atoms with Crippen LogP contribution in [-0.4, -0.2) is 25.4 Å². The molecule has 3 heterocycles. The van der Waals surface area contributed by atoms with Crippen molar-refractivity contribution < 1.29 is 0 Å². The molecule has 3 aromatic rings. The van der Waals surface area contributed by atoms with Crippen LogP contribution in [0, 0.1) is 6.92 Å². The number of rotatable bonds is 6. The van der Waals surface area contributed by atoms with Gasteiger partial charge in [0.25, 0.3) is 5.56 Å². The Labute approximate surface area is 158 Å². The molecule has 140 valence electrons. The number of aromatic nitrogens is 4. The summed E-state index contributed by atoms with van der Waals surface area (Å²) in [6, 6.07) is 8.12. The predicted octanol–water partition coefficient (Wildman–Crippen LogP) is 3.78. The van der Waals surface area contributed by atoms with E-state index in [1.807, 2.05) is 37.6 Å². The number of nitrogens with zero attached hydrogens (tertiary/aromatic N) is 4. The monoisotopic (exact) mass is 363 g/mol. The van der Waals surface area contributed by atoms with E-state index in [1.165, 1.54) is 19.3 Å². The lowest BCUT2D eigenvalue weighted by Gasteiger charge is -2.27. The molecule has 1 aliphatic rings. The van der Waals surface area contributed by atoms with Crippen molar-refractivity contribution in [2.75, 3.05) is 5.32 Å². The van der Waals surface area contributed by atoms with Crippen molar-refractivity contribution in [2.24, 2.45) is 0 Å². The Balaban J connectivity index is 1.59. The molecule has 0 aromatic carbocycles. The van der Waals surface area contributed by atoms with Crippen molar-refractivity contribution in [2.45, 2.75) is 52.1 Å². The smallest absolute Gasteiger partial charge is 0.250 e. The lowest BCUT2D eigenvalue weighted by atomic mass is 9.93. The van der Waals surface area contributed by atoms with Crippen LogP contribution in [0.1, 0.15) is 38.3 Å². The quantitative estimate of drug-likeness (QED) is 0.724. The lowest BCUT2D eigenvalue weighted by Crippen LogP contribution is -2.27. The lowest BCUT2D eigenvalue weighted by molar-refractivity contribution is 0.444. The maximum Gasteiger partial charge on any atom is 0.250 e. The molecule has 4 rings (SSSR count). The van der Waals surface area contributed by atoms with Crippen molar-refractivity contribution >= 4 is 5.82 Å². The highest BCUT2D eigenvalue weighted by Gasteiger charge is 2.17. The van der Waals surface area contributed by atoms with Gasteiger partial charge < -0.3 is 9.88 Å². The van der Waals surface area contributed by atoms with Crippen LogP contribution >= 0.6 is 0 Å². The van der Waals surface area contributed by atoms with Crippen LogP contribution in [0.2, 0.25) is 0 Å². The van der Waals surface area contributed by atoms with Crippen molar-refractivity contribution in [3.8, 4) is 16.8 Å². The van der Waals surface area contributed by atoms with Gasteiger partial charge in [-0.3, -0.25) is 4.79 Å². The molecular formula is C21H25N5O. The summed E-state index contributed by atoms with van der Waals surface area (Å²) in [5.41, 5.74) is 3.96. The highest BCUT2D eigenvalue weighted by Crippen LogP contribution is 2.26. The van der Waals surface area contributed by atoms with Gasteiger partial charge in [0.05, 0.1) is 11.9 Å². The molecule has 27 heavy (non-hydrogen) atoms. The minimum Gasteiger partial charge on any atom is -0.367 e. The molecule has 0 atom stereocenters. The van der Waals surface area contributed by atoms with E-state index in [0.717, 1.165) is 34.7 Å². The van der Waals surface area contributed by atoms with Crippen LogP contribution in [0.3, 0.4) is 0 Å². The first-order valence-electron chi connectivity index (χ1n) is 9.64. The number of hydrogen-bond donors (Lipinski definition) is 1. The van der Waals surface area contributed by atoms with E-state index in [9.17, 15) is 4.79 Å². The number of nitrogens with one attached hydrogen (secondary N) is 1. The van der Waals surface area contributed by atoms with E-state index < -0.39 is 0 Å². The van der Waals surface area contributed by atoms with Crippen molar-refractivity contribution in [1.82, 2.24) is 19.3 Å². The molecule has 0 unspecified atom stereocenters. The number of pyridine rings is 2. The molecule has 6 nitrogen and oxygen atoms in total. The van der Waals surface area contributed by atoms with Gasteiger partial charge in [-0.1, -0.05) is 6.92 Å². The van der Waals surface area contributed by atoms with Crippen LogP contribution in [0.4, 0.5) is 5.82 Å². The predicted molar refractivity (Wildman–Crippen MR) is 107 cm³/mol. The fourth-order valence-corrected chi connectivity index (χ4v) is 3.38. The molecule has 0 amide bonds. The molecule has 0 aliphatic heterocycles. The summed E-state index contributed by atoms with van der Waals surface area (Å²) in [5.74, 6) is 0.944. The van der Waals surface area contributed by atoms with E-state index in [4.69, 9.17) is 4.98 Å². The first kappa shape index (κ1) is 17.5. The Morgan fingerprint density at radius 2 is 2.04 bits per heavy atom. The highest BCUT2D eigenvalue weighted by molar-refractivity contribution is 5.66. The zero-order chi connectivity index (χ0) is 18.8. The second-order valence-corrected chi connectivity index (χ2v) is 7.19. The minimum atomic E-state index is 0.0163. The average Bonchev–Trinajstić information content (AvgIpc) is 3.10. The van der Waals surface area contributed by atoms with Crippen LogP contribution in [0.15, 0.2) is 47.7 Å². The maximum atomic E-state index is 11.9. The summed E-state index contributed by atoms with van der Waals surface area (Å²) >= 11 is 0. The summed E-state index contributed by atoms with van der Waals surface area (Å²) in [6.45, 7) is 4.80. The van der Waals surface area contributed by atoms with Gasteiger partial charge >= 0.3 is 0 Å². The molecule has 1 aliphatic carbocycles. The van der Waals surface area contributed by atoms with Crippen molar-refractivity contribution in [3.05, 3.63) is 58.9 Å². The minimum absolute atomic E-state index is 0.0163. The van der Waals surface area contributed by atoms with E-state index in [2.05, 4.69) is 23.4 Å². The summed E-state index contributed by atoms with van der Waals surface area (Å²) in [6.07, 6.45) is 10.4. The zero-order valence-corrected chi connectivity index (χ0v) is 15.9. The van der Waals surface area contributed by atoms with E-state index >= 15 is 0 Å². The molecular weight excluding hydrogens is 338 g/mol. The Bertz CT molecular complexity index is 1000. The molecule has 6 heteroatoms. The molecule has 1 fully saturated rings. The largest absolute Gasteiger partial charge is 0.367 e. The summed E-state index contributed by atoms with van der Waals surface area (Å²) in [5, 5.41) is 7.97. The summed E-state index contributed by atoms with van der Waals surface area (Å²) in [4.78, 5) is 16.6. The van der Waals surface area contributed by atoms with Gasteiger partial charge in [0.2, 0.25) is 0 Å². The molecule has 0 bridgehead atoms. The van der Waals surface area contributed by atoms with Gasteiger partial charge in [-0.15, -0.1) is 0 Å². The normalized spacial score (nSPS) is 14.1. The Morgan fingerprint density at radius 1 is 1.19 bits per heavy atom. The van der Waals surface area contributed by atoms with Crippen LogP contribution in [0.25, 0.3) is 16.8 Å². The van der Waals surface area contributed by atoms with E-state index in [0.29, 0.717) is 12.6 Å². The first-order chi connectivity index (χ1) is 13.1. The second-order valence-electron chi connectivity index (χ2n) is 7.19. The third-order valence-corrected chi connectivity index (χ3v) is 5.13. The zero-order valence-electron chi connectivity index (χ0n) is 15.9. The standard InChI is InChI=1S/C21H25N5O/c1-3-11-25-14-18(7-10-21(25)27)26-13-16(12-22-26)19-8-9-20(23-15(19)2)24-17-5-4-6-17/h7-10,12-14,17H,3-6,11H2,1-2H3,(H,23,24). The Hall–Kier alpha value is -2.89. The number of anilines is 1. The average molecular weight is 363 g/mol. The molecule has 0 radical (unpaired) electrons. The molecule has 0 saturated heterocycles. The van der Waals surface area contributed by atoms with Crippen molar-refractivity contribution in [3.63, 3.8) is 0 Å². The third kappa shape index (κ3) is 3.65. The van der Waals surface area contributed by atoms with Crippen LogP contribution in [0.5, 0.6) is 0 Å². The summed E-state index contributed by atoms with van der Waals surface area (Å²) in [7, 11) is 0. The van der Waals surface area contributed by atoms with Crippen LogP contribution in [-0.2, 0) is 6.54 Å². The first-order valence-corrected chi connectivity index (χ1v) is 9.64. The maximum absolute atomic E-state index is 11.9. The molecule has 0 spiro atoms. The fraction of sp³-hybridized carbons (Fsp3) is 0.381. The Morgan fingerprint density at radius 3 is 2.74 bits per heavy atom.